The monoisotopic (exact) mass is 388 g/mol. The molecule has 1 amide bonds. The van der Waals surface area contributed by atoms with Gasteiger partial charge in [0.15, 0.2) is 0 Å². The molecule has 140 valence electrons. The average molecular weight is 388 g/mol. The Balaban J connectivity index is 1.69. The first-order valence-electron chi connectivity index (χ1n) is 9.33. The van der Waals surface area contributed by atoms with Gasteiger partial charge in [-0.25, -0.2) is 4.98 Å². The van der Waals surface area contributed by atoms with Crippen molar-refractivity contribution in [1.82, 2.24) is 14.8 Å². The molecule has 0 bridgehead atoms. The first kappa shape index (κ1) is 17.1. The quantitative estimate of drug-likeness (QED) is 0.532. The summed E-state index contributed by atoms with van der Waals surface area (Å²) in [6.45, 7) is 6.18. The Hall–Kier alpha value is -2.99. The van der Waals surface area contributed by atoms with Crippen molar-refractivity contribution in [2.24, 2.45) is 0 Å². The summed E-state index contributed by atoms with van der Waals surface area (Å²) in [6, 6.07) is 14.5. The molecule has 4 aromatic rings. The number of amides is 1. The van der Waals surface area contributed by atoms with Gasteiger partial charge in [-0.15, -0.1) is 0 Å². The van der Waals surface area contributed by atoms with Gasteiger partial charge in [0.25, 0.3) is 0 Å². The fourth-order valence-corrected chi connectivity index (χ4v) is 5.06. The maximum atomic E-state index is 12.6. The maximum Gasteiger partial charge on any atom is 0.226 e. The standard InChI is InChI=1S/C22H20N4OS/c1-12-8-9-17-18(10-12)28-22(23-17)26-21-20(14(3)25-26)16(11-19(27)24-21)15-7-5-4-6-13(15)2/h4-10,16H,11H2,1-3H3,(H,24,27)/t16-/m1/s1. The van der Waals surface area contributed by atoms with E-state index in [1.807, 2.05) is 25.1 Å². The van der Waals surface area contributed by atoms with E-state index >= 15 is 0 Å². The highest BCUT2D eigenvalue weighted by Gasteiger charge is 2.33. The van der Waals surface area contributed by atoms with E-state index in [1.165, 1.54) is 16.7 Å². The van der Waals surface area contributed by atoms with E-state index in [1.54, 1.807) is 16.0 Å². The van der Waals surface area contributed by atoms with Crippen LogP contribution in [0.25, 0.3) is 15.3 Å². The third-order valence-corrected chi connectivity index (χ3v) is 6.37. The molecule has 6 heteroatoms. The summed E-state index contributed by atoms with van der Waals surface area (Å²) in [7, 11) is 0. The van der Waals surface area contributed by atoms with Gasteiger partial charge in [0.05, 0.1) is 15.9 Å². The number of benzene rings is 2. The molecule has 0 fully saturated rings. The number of anilines is 1. The number of carbonyl (C=O) groups is 1. The Kier molecular flexibility index (Phi) is 3.84. The smallest absolute Gasteiger partial charge is 0.226 e. The number of fused-ring (bicyclic) bond motifs is 2. The summed E-state index contributed by atoms with van der Waals surface area (Å²) < 4.78 is 2.92. The van der Waals surface area contributed by atoms with E-state index in [4.69, 9.17) is 10.1 Å². The molecular formula is C22H20N4OS. The molecule has 3 heterocycles. The van der Waals surface area contributed by atoms with Crippen molar-refractivity contribution in [3.05, 3.63) is 70.4 Å². The van der Waals surface area contributed by atoms with Crippen molar-refractivity contribution in [2.45, 2.75) is 33.1 Å². The summed E-state index contributed by atoms with van der Waals surface area (Å²) in [5.74, 6) is 0.770. The topological polar surface area (TPSA) is 59.8 Å². The molecular weight excluding hydrogens is 368 g/mol. The van der Waals surface area contributed by atoms with Crippen LogP contribution in [-0.2, 0) is 4.79 Å². The van der Waals surface area contributed by atoms with Crippen LogP contribution in [-0.4, -0.2) is 20.7 Å². The number of hydrogen-bond acceptors (Lipinski definition) is 4. The second-order valence-electron chi connectivity index (χ2n) is 7.39. The zero-order chi connectivity index (χ0) is 19.4. The van der Waals surface area contributed by atoms with Gasteiger partial charge in [-0.3, -0.25) is 4.79 Å². The molecule has 0 aliphatic carbocycles. The van der Waals surface area contributed by atoms with Crippen LogP contribution in [0.3, 0.4) is 0 Å². The molecule has 1 aliphatic rings. The molecule has 0 saturated carbocycles. The summed E-state index contributed by atoms with van der Waals surface area (Å²) >= 11 is 1.59. The van der Waals surface area contributed by atoms with Gasteiger partial charge >= 0.3 is 0 Å². The number of hydrogen-bond donors (Lipinski definition) is 1. The Morgan fingerprint density at radius 3 is 2.79 bits per heavy atom. The maximum absolute atomic E-state index is 12.6. The first-order chi connectivity index (χ1) is 13.5. The number of thiazole rings is 1. The summed E-state index contributed by atoms with van der Waals surface area (Å²) in [5.41, 5.74) is 6.54. The van der Waals surface area contributed by atoms with E-state index in [0.29, 0.717) is 6.42 Å². The number of nitrogens with one attached hydrogen (secondary N) is 1. The lowest BCUT2D eigenvalue weighted by Crippen LogP contribution is -2.25. The fraction of sp³-hybridized carbons (Fsp3) is 0.227. The van der Waals surface area contributed by atoms with Crippen molar-refractivity contribution in [2.75, 3.05) is 5.32 Å². The number of nitrogens with zero attached hydrogens (tertiary/aromatic N) is 3. The largest absolute Gasteiger partial charge is 0.310 e. The van der Waals surface area contributed by atoms with Crippen LogP contribution in [0.5, 0.6) is 0 Å². The van der Waals surface area contributed by atoms with E-state index in [-0.39, 0.29) is 11.8 Å². The minimum atomic E-state index is 0.00956. The third-order valence-electron chi connectivity index (χ3n) is 5.38. The molecule has 5 rings (SSSR count). The molecule has 1 atom stereocenters. The first-order valence-corrected chi connectivity index (χ1v) is 10.2. The second-order valence-corrected chi connectivity index (χ2v) is 8.40. The average Bonchev–Trinajstić information content (AvgIpc) is 3.22. The predicted molar refractivity (Wildman–Crippen MR) is 112 cm³/mol. The van der Waals surface area contributed by atoms with Gasteiger partial charge in [0.1, 0.15) is 5.82 Å². The lowest BCUT2D eigenvalue weighted by atomic mass is 9.84. The molecule has 5 nitrogen and oxygen atoms in total. The van der Waals surface area contributed by atoms with E-state index in [0.717, 1.165) is 32.4 Å². The van der Waals surface area contributed by atoms with Crippen LogP contribution in [0.2, 0.25) is 0 Å². The van der Waals surface area contributed by atoms with Gasteiger partial charge in [-0.05, 0) is 49.6 Å². The zero-order valence-corrected chi connectivity index (χ0v) is 16.8. The van der Waals surface area contributed by atoms with E-state index in [9.17, 15) is 4.79 Å². The van der Waals surface area contributed by atoms with E-state index < -0.39 is 0 Å². The highest BCUT2D eigenvalue weighted by Crippen LogP contribution is 2.41. The minimum absolute atomic E-state index is 0.00956. The highest BCUT2D eigenvalue weighted by atomic mass is 32.1. The van der Waals surface area contributed by atoms with Gasteiger partial charge in [-0.2, -0.15) is 9.78 Å². The predicted octanol–water partition coefficient (Wildman–Crippen LogP) is 4.88. The Morgan fingerprint density at radius 2 is 1.96 bits per heavy atom. The fourth-order valence-electron chi connectivity index (χ4n) is 4.04. The third kappa shape index (κ3) is 2.64. The van der Waals surface area contributed by atoms with E-state index in [2.05, 4.69) is 43.4 Å². The molecule has 0 saturated heterocycles. The van der Waals surface area contributed by atoms with Gasteiger partial charge in [-0.1, -0.05) is 41.7 Å². The summed E-state index contributed by atoms with van der Waals surface area (Å²) in [4.78, 5) is 17.3. The summed E-state index contributed by atoms with van der Waals surface area (Å²) in [5, 5.41) is 8.59. The molecule has 0 spiro atoms. The lowest BCUT2D eigenvalue weighted by molar-refractivity contribution is -0.116. The van der Waals surface area contributed by atoms with Crippen LogP contribution >= 0.6 is 11.3 Å². The van der Waals surface area contributed by atoms with Crippen LogP contribution in [0, 0.1) is 20.8 Å². The normalized spacial score (nSPS) is 16.2. The highest BCUT2D eigenvalue weighted by molar-refractivity contribution is 7.20. The Labute approximate surface area is 167 Å². The van der Waals surface area contributed by atoms with Crippen molar-refractivity contribution in [1.29, 1.82) is 0 Å². The van der Waals surface area contributed by atoms with Gasteiger partial charge < -0.3 is 5.32 Å². The SMILES string of the molecule is Cc1ccc2nc(-n3nc(C)c4c3NC(=O)C[C@@H]4c3ccccc3C)sc2c1. The molecule has 1 N–H and O–H groups in total. The van der Waals surface area contributed by atoms with Crippen molar-refractivity contribution >= 4 is 33.3 Å². The number of carbonyl (C=O) groups excluding carboxylic acids is 1. The van der Waals surface area contributed by atoms with Crippen LogP contribution < -0.4 is 5.32 Å². The number of aryl methyl sites for hydroxylation is 3. The number of rotatable bonds is 2. The minimum Gasteiger partial charge on any atom is -0.310 e. The van der Waals surface area contributed by atoms with Crippen LogP contribution in [0.1, 0.15) is 40.3 Å². The molecule has 0 unspecified atom stereocenters. The lowest BCUT2D eigenvalue weighted by Gasteiger charge is -2.25. The number of aromatic nitrogens is 3. The molecule has 0 radical (unpaired) electrons. The van der Waals surface area contributed by atoms with Gasteiger partial charge in [0.2, 0.25) is 11.0 Å². The molecule has 2 aromatic heterocycles. The second kappa shape index (κ2) is 6.27. The van der Waals surface area contributed by atoms with Crippen LogP contribution in [0.4, 0.5) is 5.82 Å². The Morgan fingerprint density at radius 1 is 1.14 bits per heavy atom. The van der Waals surface area contributed by atoms with Gasteiger partial charge in [0, 0.05) is 17.9 Å². The van der Waals surface area contributed by atoms with Crippen molar-refractivity contribution in [3.8, 4) is 5.13 Å². The zero-order valence-electron chi connectivity index (χ0n) is 16.0. The molecule has 2 aromatic carbocycles. The van der Waals surface area contributed by atoms with Crippen LogP contribution in [0.15, 0.2) is 42.5 Å². The summed E-state index contributed by atoms with van der Waals surface area (Å²) in [6.07, 6.45) is 0.434. The van der Waals surface area contributed by atoms with Crippen molar-refractivity contribution < 1.29 is 4.79 Å². The van der Waals surface area contributed by atoms with Crippen molar-refractivity contribution in [3.63, 3.8) is 0 Å². The molecule has 1 aliphatic heterocycles. The molecule has 28 heavy (non-hydrogen) atoms. The Bertz CT molecular complexity index is 1240.